The van der Waals surface area contributed by atoms with Crippen molar-refractivity contribution in [1.82, 2.24) is 4.57 Å². The number of carboxylic acids is 1. The molecule has 0 amide bonds. The van der Waals surface area contributed by atoms with E-state index in [1.807, 2.05) is 6.07 Å². The molecule has 0 atom stereocenters. The van der Waals surface area contributed by atoms with Crippen LogP contribution in [0, 0.1) is 26.6 Å². The number of aromatic nitrogens is 1. The van der Waals surface area contributed by atoms with Crippen LogP contribution in [0.1, 0.15) is 27.3 Å². The largest absolute Gasteiger partial charge is 0.478 e. The molecule has 2 aromatic rings. The maximum absolute atomic E-state index is 13.4. The fraction of sp³-hybridized carbons (Fsp3) is 0.214. The maximum Gasteiger partial charge on any atom is 0.337 e. The van der Waals surface area contributed by atoms with Crippen molar-refractivity contribution in [2.75, 3.05) is 0 Å². The molecule has 1 heterocycles. The lowest BCUT2D eigenvalue weighted by Gasteiger charge is -2.10. The Bertz CT molecular complexity index is 609. The zero-order valence-electron chi connectivity index (χ0n) is 10.5. The molecule has 1 aromatic heterocycles. The van der Waals surface area contributed by atoms with Gasteiger partial charge in [0.2, 0.25) is 0 Å². The number of carbonyl (C=O) groups is 1. The van der Waals surface area contributed by atoms with Crippen LogP contribution in [0.25, 0.3) is 5.69 Å². The first kappa shape index (κ1) is 12.4. The van der Waals surface area contributed by atoms with Gasteiger partial charge in [-0.25, -0.2) is 9.18 Å². The Balaban J connectivity index is 2.67. The van der Waals surface area contributed by atoms with Crippen molar-refractivity contribution < 1.29 is 14.3 Å². The smallest absolute Gasteiger partial charge is 0.337 e. The van der Waals surface area contributed by atoms with E-state index in [1.54, 1.807) is 31.4 Å². The first-order valence-corrected chi connectivity index (χ1v) is 5.60. The molecule has 0 bridgehead atoms. The third kappa shape index (κ3) is 2.01. The Kier molecular flexibility index (Phi) is 2.95. The van der Waals surface area contributed by atoms with Crippen molar-refractivity contribution in [1.29, 1.82) is 0 Å². The monoisotopic (exact) mass is 247 g/mol. The van der Waals surface area contributed by atoms with Crippen LogP contribution in [-0.2, 0) is 0 Å². The van der Waals surface area contributed by atoms with Gasteiger partial charge in [-0.3, -0.25) is 0 Å². The Hall–Kier alpha value is -2.10. The predicted molar refractivity (Wildman–Crippen MR) is 66.9 cm³/mol. The number of hydrogen-bond donors (Lipinski definition) is 1. The average Bonchev–Trinajstić information content (AvgIpc) is 2.52. The summed E-state index contributed by atoms with van der Waals surface area (Å²) < 4.78 is 15.2. The van der Waals surface area contributed by atoms with Crippen molar-refractivity contribution in [2.45, 2.75) is 20.8 Å². The highest BCUT2D eigenvalue weighted by Crippen LogP contribution is 2.22. The van der Waals surface area contributed by atoms with E-state index in [-0.39, 0.29) is 11.4 Å². The molecule has 0 radical (unpaired) electrons. The fourth-order valence-corrected chi connectivity index (χ4v) is 2.22. The van der Waals surface area contributed by atoms with Gasteiger partial charge in [0, 0.05) is 17.1 Å². The fourth-order valence-electron chi connectivity index (χ4n) is 2.22. The van der Waals surface area contributed by atoms with E-state index in [0.717, 1.165) is 11.3 Å². The minimum absolute atomic E-state index is 0.245. The highest BCUT2D eigenvalue weighted by Gasteiger charge is 2.16. The zero-order chi connectivity index (χ0) is 13.4. The van der Waals surface area contributed by atoms with Crippen LogP contribution < -0.4 is 0 Å². The molecule has 0 unspecified atom stereocenters. The molecule has 0 saturated carbocycles. The Labute approximate surface area is 104 Å². The minimum atomic E-state index is -0.970. The number of benzene rings is 1. The lowest BCUT2D eigenvalue weighted by molar-refractivity contribution is 0.0696. The summed E-state index contributed by atoms with van der Waals surface area (Å²) in [4.78, 5) is 11.1. The van der Waals surface area contributed by atoms with E-state index in [4.69, 9.17) is 5.11 Å². The molecule has 0 aliphatic carbocycles. The zero-order valence-corrected chi connectivity index (χ0v) is 10.5. The van der Waals surface area contributed by atoms with Gasteiger partial charge in [0.1, 0.15) is 5.82 Å². The lowest BCUT2D eigenvalue weighted by atomic mass is 10.2. The summed E-state index contributed by atoms with van der Waals surface area (Å²) in [6, 6.07) is 6.26. The Morgan fingerprint density at radius 3 is 2.33 bits per heavy atom. The standard InChI is InChI=1S/C14H14FNO2/c1-8-4-11(15)7-12(5-8)16-9(2)6-13(10(16)3)14(17)18/h4-7H,1-3H3,(H,17,18). The van der Waals surface area contributed by atoms with Gasteiger partial charge < -0.3 is 9.67 Å². The molecule has 1 aromatic carbocycles. The Morgan fingerprint density at radius 1 is 1.17 bits per heavy atom. The van der Waals surface area contributed by atoms with Gasteiger partial charge in [-0.05, 0) is 50.6 Å². The second-order valence-corrected chi connectivity index (χ2v) is 4.41. The SMILES string of the molecule is Cc1cc(F)cc(-n2c(C)cc(C(=O)O)c2C)c1. The van der Waals surface area contributed by atoms with Gasteiger partial charge >= 0.3 is 5.97 Å². The molecular formula is C14H14FNO2. The first-order valence-electron chi connectivity index (χ1n) is 5.60. The minimum Gasteiger partial charge on any atom is -0.478 e. The van der Waals surface area contributed by atoms with Crippen LogP contribution in [0.3, 0.4) is 0 Å². The maximum atomic E-state index is 13.4. The van der Waals surface area contributed by atoms with E-state index in [0.29, 0.717) is 11.4 Å². The number of aryl methyl sites for hydroxylation is 2. The number of rotatable bonds is 2. The summed E-state index contributed by atoms with van der Waals surface area (Å²) in [5.41, 5.74) is 3.07. The van der Waals surface area contributed by atoms with Crippen LogP contribution in [0.15, 0.2) is 24.3 Å². The Morgan fingerprint density at radius 2 is 1.83 bits per heavy atom. The number of halogens is 1. The molecule has 0 saturated heterocycles. The van der Waals surface area contributed by atoms with Gasteiger partial charge in [-0.15, -0.1) is 0 Å². The molecule has 0 aliphatic rings. The summed E-state index contributed by atoms with van der Waals surface area (Å²) >= 11 is 0. The number of aromatic carboxylic acids is 1. The quantitative estimate of drug-likeness (QED) is 0.885. The normalized spacial score (nSPS) is 10.7. The van der Waals surface area contributed by atoms with Gasteiger partial charge in [-0.2, -0.15) is 0 Å². The van der Waals surface area contributed by atoms with Crippen LogP contribution in [-0.4, -0.2) is 15.6 Å². The summed E-state index contributed by atoms with van der Waals surface area (Å²) in [7, 11) is 0. The third-order valence-corrected chi connectivity index (χ3v) is 2.95. The molecule has 1 N–H and O–H groups in total. The van der Waals surface area contributed by atoms with Crippen molar-refractivity contribution in [3.63, 3.8) is 0 Å². The topological polar surface area (TPSA) is 42.2 Å². The van der Waals surface area contributed by atoms with Gasteiger partial charge in [0.15, 0.2) is 0 Å². The van der Waals surface area contributed by atoms with Crippen molar-refractivity contribution in [3.05, 3.63) is 52.6 Å². The highest BCUT2D eigenvalue weighted by atomic mass is 19.1. The van der Waals surface area contributed by atoms with Gasteiger partial charge in [0.05, 0.1) is 5.56 Å². The molecule has 18 heavy (non-hydrogen) atoms. The number of hydrogen-bond acceptors (Lipinski definition) is 1. The van der Waals surface area contributed by atoms with E-state index in [1.165, 1.54) is 12.1 Å². The van der Waals surface area contributed by atoms with Crippen LogP contribution in [0.5, 0.6) is 0 Å². The van der Waals surface area contributed by atoms with Crippen molar-refractivity contribution >= 4 is 5.97 Å². The molecule has 94 valence electrons. The van der Waals surface area contributed by atoms with Gasteiger partial charge in [-0.1, -0.05) is 0 Å². The number of nitrogens with zero attached hydrogens (tertiary/aromatic N) is 1. The van der Waals surface area contributed by atoms with E-state index in [9.17, 15) is 9.18 Å². The van der Waals surface area contributed by atoms with Crippen molar-refractivity contribution in [2.24, 2.45) is 0 Å². The highest BCUT2D eigenvalue weighted by molar-refractivity contribution is 5.89. The molecule has 0 fully saturated rings. The molecule has 0 spiro atoms. The van der Waals surface area contributed by atoms with Crippen LogP contribution in [0.4, 0.5) is 4.39 Å². The van der Waals surface area contributed by atoms with Gasteiger partial charge in [0.25, 0.3) is 0 Å². The second-order valence-electron chi connectivity index (χ2n) is 4.41. The molecule has 3 nitrogen and oxygen atoms in total. The summed E-state index contributed by atoms with van der Waals surface area (Å²) in [6.45, 7) is 5.33. The summed E-state index contributed by atoms with van der Waals surface area (Å²) in [5.74, 6) is -1.29. The first-order chi connectivity index (χ1) is 8.40. The molecular weight excluding hydrogens is 233 g/mol. The van der Waals surface area contributed by atoms with E-state index < -0.39 is 5.97 Å². The molecule has 4 heteroatoms. The predicted octanol–water partition coefficient (Wildman–Crippen LogP) is 3.24. The van der Waals surface area contributed by atoms with Crippen molar-refractivity contribution in [3.8, 4) is 5.69 Å². The van der Waals surface area contributed by atoms with E-state index in [2.05, 4.69) is 0 Å². The number of carboxylic acid groups (broad SMARTS) is 1. The average molecular weight is 247 g/mol. The van der Waals surface area contributed by atoms with E-state index >= 15 is 0 Å². The third-order valence-electron chi connectivity index (χ3n) is 2.95. The summed E-state index contributed by atoms with van der Waals surface area (Å²) in [6.07, 6.45) is 0. The lowest BCUT2D eigenvalue weighted by Crippen LogP contribution is -2.03. The molecule has 0 aliphatic heterocycles. The second kappa shape index (κ2) is 4.29. The summed E-state index contributed by atoms with van der Waals surface area (Å²) in [5, 5.41) is 9.07. The van der Waals surface area contributed by atoms with Crippen LogP contribution in [0.2, 0.25) is 0 Å². The molecule has 2 rings (SSSR count). The van der Waals surface area contributed by atoms with Crippen LogP contribution >= 0.6 is 0 Å².